The molecule has 3 heteroatoms. The standard InChI is InChI=1S/C31H48P2.C5.Fe/c1-25(32(26-15-6-2-7-16-26)27-17-8-3-9-18-27)30-23-14-24-31(30)33(28-19-10-4-11-20-28)29-21-12-5-13-22-29;1-2-4-5-3-1;/h25-29H,2-13,15-22H2,1H3;;/t25-;;/m0../s1. The van der Waals surface area contributed by atoms with E-state index in [1.807, 2.05) is 0 Å². The van der Waals surface area contributed by atoms with E-state index in [9.17, 15) is 0 Å². The summed E-state index contributed by atoms with van der Waals surface area (Å²) in [5, 5.41) is 0. The molecule has 1 atom stereocenters. The Kier molecular flexibility index (Phi) is 15.6. The summed E-state index contributed by atoms with van der Waals surface area (Å²) in [7, 11) is -0.0211. The molecule has 0 aromatic carbocycles. The quantitative estimate of drug-likeness (QED) is 0.202. The predicted octanol–water partition coefficient (Wildman–Crippen LogP) is 10.4. The van der Waals surface area contributed by atoms with E-state index in [1.165, 1.54) is 128 Å². The van der Waals surface area contributed by atoms with Crippen LogP contribution < -0.4 is 0 Å². The zero-order chi connectivity index (χ0) is 26.0. The van der Waals surface area contributed by atoms with Gasteiger partial charge in [-0.1, -0.05) is 99.8 Å². The van der Waals surface area contributed by atoms with Crippen LogP contribution in [0.15, 0.2) is 0 Å². The SMILES string of the molecule is C[C@@H]([C]1[C][C][C][C]1P(C1CCCCC1)C1CCCCC1)P(C1CCCCC1)C1CCCCC1.[C]1[C][C][C][C]1.[Fe]. The molecular weight excluding hydrogens is 550 g/mol. The van der Waals surface area contributed by atoms with Crippen LogP contribution in [-0.2, 0) is 17.1 Å². The minimum atomic E-state index is -0.0756. The van der Waals surface area contributed by atoms with E-state index in [1.54, 1.807) is 11.6 Å². The number of rotatable bonds is 7. The van der Waals surface area contributed by atoms with Crippen molar-refractivity contribution in [1.82, 2.24) is 0 Å². The molecular formula is C36H48FeP2. The van der Waals surface area contributed by atoms with Gasteiger partial charge in [-0.3, -0.25) is 0 Å². The Bertz CT molecular complexity index is 582. The summed E-state index contributed by atoms with van der Waals surface area (Å²) in [5.41, 5.74) is 6.42. The molecule has 0 nitrogen and oxygen atoms in total. The second kappa shape index (κ2) is 18.2. The molecule has 0 aliphatic heterocycles. The molecule has 0 saturated heterocycles. The van der Waals surface area contributed by atoms with Gasteiger partial charge in [0.15, 0.2) is 0 Å². The van der Waals surface area contributed by atoms with Crippen molar-refractivity contribution in [3.63, 3.8) is 0 Å². The predicted molar refractivity (Wildman–Crippen MR) is 163 cm³/mol. The molecule has 6 aliphatic rings. The van der Waals surface area contributed by atoms with Crippen molar-refractivity contribution in [3.05, 3.63) is 62.9 Å². The normalized spacial score (nSPS) is 28.4. The second-order valence-electron chi connectivity index (χ2n) is 12.5. The molecule has 6 aliphatic carbocycles. The zero-order valence-electron chi connectivity index (χ0n) is 24.3. The third kappa shape index (κ3) is 9.43. The fourth-order valence-electron chi connectivity index (χ4n) is 8.17. The van der Waals surface area contributed by atoms with Gasteiger partial charge in [-0.25, -0.2) is 0 Å². The Balaban J connectivity index is 0.000000530. The van der Waals surface area contributed by atoms with Gasteiger partial charge in [-0.2, -0.15) is 0 Å². The van der Waals surface area contributed by atoms with Crippen molar-refractivity contribution < 1.29 is 17.1 Å². The minimum Gasteiger partial charge on any atom is -0.0968 e. The van der Waals surface area contributed by atoms with Crippen LogP contribution in [-0.4, -0.2) is 28.3 Å². The van der Waals surface area contributed by atoms with Gasteiger partial charge in [0.2, 0.25) is 0 Å². The van der Waals surface area contributed by atoms with Gasteiger partial charge in [0, 0.05) is 80.0 Å². The molecule has 0 heterocycles. The van der Waals surface area contributed by atoms with Gasteiger partial charge in [0.05, 0.1) is 0 Å². The van der Waals surface area contributed by atoms with E-state index < -0.39 is 0 Å². The van der Waals surface area contributed by atoms with Crippen LogP contribution in [0, 0.1) is 62.9 Å². The van der Waals surface area contributed by atoms with Crippen molar-refractivity contribution >= 4 is 15.8 Å². The third-order valence-electron chi connectivity index (χ3n) is 10.00. The van der Waals surface area contributed by atoms with Crippen molar-refractivity contribution in [3.8, 4) is 0 Å². The van der Waals surface area contributed by atoms with Crippen molar-refractivity contribution in [2.45, 2.75) is 164 Å². The maximum Gasteiger partial charge on any atom is 0.0167 e. The topological polar surface area (TPSA) is 0 Å². The number of hydrogen-bond acceptors (Lipinski definition) is 0. The molecule has 210 valence electrons. The molecule has 6 rings (SSSR count). The largest absolute Gasteiger partial charge is 0.0968 e. The Labute approximate surface area is 258 Å². The molecule has 6 fully saturated rings. The van der Waals surface area contributed by atoms with E-state index in [-0.39, 0.29) is 32.9 Å². The van der Waals surface area contributed by atoms with Crippen LogP contribution >= 0.6 is 15.8 Å². The van der Waals surface area contributed by atoms with Gasteiger partial charge in [-0.05, 0) is 79.7 Å². The molecule has 39 heavy (non-hydrogen) atoms. The first-order valence-corrected chi connectivity index (χ1v) is 19.2. The van der Waals surface area contributed by atoms with E-state index in [2.05, 4.69) is 58.3 Å². The van der Waals surface area contributed by atoms with Crippen LogP contribution in [0.3, 0.4) is 0 Å². The Morgan fingerprint density at radius 1 is 0.487 bits per heavy atom. The first kappa shape index (κ1) is 33.3. The molecule has 0 N–H and O–H groups in total. The fourth-order valence-corrected chi connectivity index (χ4v) is 16.4. The maximum atomic E-state index is 3.80. The summed E-state index contributed by atoms with van der Waals surface area (Å²) in [4.78, 5) is 0. The molecule has 0 amide bonds. The summed E-state index contributed by atoms with van der Waals surface area (Å²) < 4.78 is 0. The van der Waals surface area contributed by atoms with Gasteiger partial charge in [0.1, 0.15) is 0 Å². The monoisotopic (exact) mass is 598 g/mol. The first-order chi connectivity index (χ1) is 18.8. The van der Waals surface area contributed by atoms with Crippen LogP contribution in [0.25, 0.3) is 0 Å². The summed E-state index contributed by atoms with van der Waals surface area (Å²) in [5.74, 6) is 1.64. The summed E-state index contributed by atoms with van der Waals surface area (Å²) >= 11 is 0. The van der Waals surface area contributed by atoms with E-state index in [0.717, 1.165) is 28.3 Å². The Hall–Kier alpha value is 1.38. The average Bonchev–Trinajstić information content (AvgIpc) is 3.72. The van der Waals surface area contributed by atoms with E-state index >= 15 is 0 Å². The van der Waals surface area contributed by atoms with Crippen molar-refractivity contribution in [2.75, 3.05) is 0 Å². The Morgan fingerprint density at radius 2 is 0.846 bits per heavy atom. The van der Waals surface area contributed by atoms with Crippen LogP contribution in [0.4, 0.5) is 0 Å². The smallest absolute Gasteiger partial charge is 0.0167 e. The van der Waals surface area contributed by atoms with Gasteiger partial charge >= 0.3 is 0 Å². The van der Waals surface area contributed by atoms with E-state index in [0.29, 0.717) is 0 Å². The number of hydrogen-bond donors (Lipinski definition) is 0. The van der Waals surface area contributed by atoms with Gasteiger partial charge in [0.25, 0.3) is 0 Å². The summed E-state index contributed by atoms with van der Waals surface area (Å²) in [6, 6.07) is 0. The summed E-state index contributed by atoms with van der Waals surface area (Å²) in [6.07, 6.45) is 53.5. The molecule has 0 bridgehead atoms. The fraction of sp³-hybridized carbons (Fsp3) is 0.722. The Morgan fingerprint density at radius 3 is 1.23 bits per heavy atom. The van der Waals surface area contributed by atoms with Crippen molar-refractivity contribution in [1.29, 1.82) is 0 Å². The zero-order valence-corrected chi connectivity index (χ0v) is 27.2. The maximum absolute atomic E-state index is 3.80. The molecule has 0 unspecified atom stereocenters. The molecule has 0 aromatic heterocycles. The van der Waals surface area contributed by atoms with Gasteiger partial charge in [-0.15, -0.1) is 0 Å². The molecule has 0 aromatic rings. The van der Waals surface area contributed by atoms with Gasteiger partial charge < -0.3 is 0 Å². The third-order valence-corrected chi connectivity index (χ3v) is 17.3. The average molecular weight is 599 g/mol. The summed E-state index contributed by atoms with van der Waals surface area (Å²) in [6.45, 7) is 2.65. The molecule has 18 radical (unpaired) electrons. The van der Waals surface area contributed by atoms with E-state index in [4.69, 9.17) is 0 Å². The second-order valence-corrected chi connectivity index (χ2v) is 18.3. The van der Waals surface area contributed by atoms with Crippen LogP contribution in [0.1, 0.15) is 135 Å². The van der Waals surface area contributed by atoms with Crippen molar-refractivity contribution in [2.24, 2.45) is 0 Å². The minimum absolute atomic E-state index is 0. The van der Waals surface area contributed by atoms with Crippen LogP contribution in [0.5, 0.6) is 0 Å². The first-order valence-electron chi connectivity index (χ1n) is 16.1. The molecule has 6 saturated carbocycles. The van der Waals surface area contributed by atoms with Crippen LogP contribution in [0.2, 0.25) is 0 Å². The molecule has 0 spiro atoms.